The van der Waals surface area contributed by atoms with Crippen LogP contribution in [0.25, 0.3) is 22.0 Å². The molecule has 7 nitrogen and oxygen atoms in total. The summed E-state index contributed by atoms with van der Waals surface area (Å²) in [5.41, 5.74) is 4.66. The summed E-state index contributed by atoms with van der Waals surface area (Å²) in [4.78, 5) is 9.10. The van der Waals surface area contributed by atoms with Crippen molar-refractivity contribution >= 4 is 34.1 Å². The van der Waals surface area contributed by atoms with Crippen LogP contribution in [0.3, 0.4) is 0 Å². The standard InChI is InChI=1S/C23H23ClN6O/c1-14-5-16-10-26-23(29-22(16)21(24)6-14)28-18-7-15(17-11-27-30(2)13-17)8-20(9-18)31-19-3-4-25-12-19/h5-11,13,19,25H,3-4,12H2,1-2H3,(H,26,28,29)/t19-/m1/s1. The van der Waals surface area contributed by atoms with Gasteiger partial charge in [0.05, 0.1) is 16.7 Å². The van der Waals surface area contributed by atoms with Crippen molar-refractivity contribution in [1.29, 1.82) is 0 Å². The predicted molar refractivity (Wildman–Crippen MR) is 123 cm³/mol. The van der Waals surface area contributed by atoms with Crippen LogP contribution in [0.5, 0.6) is 5.75 Å². The van der Waals surface area contributed by atoms with Crippen molar-refractivity contribution in [2.24, 2.45) is 7.05 Å². The van der Waals surface area contributed by atoms with Crippen LogP contribution in [-0.2, 0) is 7.05 Å². The van der Waals surface area contributed by atoms with E-state index in [0.717, 1.165) is 58.5 Å². The number of nitrogens with one attached hydrogen (secondary N) is 2. The summed E-state index contributed by atoms with van der Waals surface area (Å²) in [5, 5.41) is 12.5. The van der Waals surface area contributed by atoms with E-state index in [1.54, 1.807) is 10.9 Å². The van der Waals surface area contributed by atoms with Crippen LogP contribution in [0.2, 0.25) is 5.02 Å². The second kappa shape index (κ2) is 8.17. The average molecular weight is 435 g/mol. The largest absolute Gasteiger partial charge is 0.489 e. The van der Waals surface area contributed by atoms with Gasteiger partial charge in [0.25, 0.3) is 0 Å². The van der Waals surface area contributed by atoms with Gasteiger partial charge in [-0.3, -0.25) is 4.68 Å². The van der Waals surface area contributed by atoms with Gasteiger partial charge in [0.15, 0.2) is 0 Å². The highest BCUT2D eigenvalue weighted by Crippen LogP contribution is 2.31. The lowest BCUT2D eigenvalue weighted by Gasteiger charge is -2.15. The number of fused-ring (bicyclic) bond motifs is 1. The molecular weight excluding hydrogens is 412 g/mol. The van der Waals surface area contributed by atoms with Gasteiger partial charge in [0, 0.05) is 48.7 Å². The van der Waals surface area contributed by atoms with E-state index in [9.17, 15) is 0 Å². The first-order valence-electron chi connectivity index (χ1n) is 10.2. The molecule has 0 saturated carbocycles. The van der Waals surface area contributed by atoms with Gasteiger partial charge in [-0.2, -0.15) is 5.10 Å². The topological polar surface area (TPSA) is 76.9 Å². The average Bonchev–Trinajstić information content (AvgIpc) is 3.40. The van der Waals surface area contributed by atoms with Gasteiger partial charge in [-0.25, -0.2) is 9.97 Å². The molecule has 3 heterocycles. The minimum absolute atomic E-state index is 0.163. The third-order valence-electron chi connectivity index (χ3n) is 5.30. The van der Waals surface area contributed by atoms with E-state index in [-0.39, 0.29) is 6.10 Å². The molecule has 1 fully saturated rings. The highest BCUT2D eigenvalue weighted by molar-refractivity contribution is 6.35. The number of nitrogens with zero attached hydrogens (tertiary/aromatic N) is 4. The number of hydrogen-bond acceptors (Lipinski definition) is 6. The van der Waals surface area contributed by atoms with E-state index in [0.29, 0.717) is 11.0 Å². The summed E-state index contributed by atoms with van der Waals surface area (Å²) in [7, 11) is 1.90. The first-order valence-corrected chi connectivity index (χ1v) is 10.6. The number of ether oxygens (including phenoxy) is 1. The quantitative estimate of drug-likeness (QED) is 0.482. The van der Waals surface area contributed by atoms with Crippen molar-refractivity contribution in [2.45, 2.75) is 19.4 Å². The van der Waals surface area contributed by atoms with Crippen molar-refractivity contribution in [1.82, 2.24) is 25.1 Å². The summed E-state index contributed by atoms with van der Waals surface area (Å²) in [6, 6.07) is 9.99. The molecule has 1 aliphatic rings. The van der Waals surface area contributed by atoms with Crippen LogP contribution in [0.1, 0.15) is 12.0 Å². The van der Waals surface area contributed by atoms with Crippen molar-refractivity contribution in [3.63, 3.8) is 0 Å². The van der Waals surface area contributed by atoms with Crippen molar-refractivity contribution in [3.8, 4) is 16.9 Å². The molecule has 2 aromatic carbocycles. The van der Waals surface area contributed by atoms with Crippen LogP contribution in [0.15, 0.2) is 48.9 Å². The Morgan fingerprint density at radius 3 is 2.84 bits per heavy atom. The number of benzene rings is 2. The van der Waals surface area contributed by atoms with Crippen LogP contribution < -0.4 is 15.4 Å². The second-order valence-electron chi connectivity index (χ2n) is 7.88. The minimum Gasteiger partial charge on any atom is -0.489 e. The predicted octanol–water partition coefficient (Wildman–Crippen LogP) is 4.48. The van der Waals surface area contributed by atoms with Gasteiger partial charge in [-0.15, -0.1) is 0 Å². The molecular formula is C23H23ClN6O. The highest BCUT2D eigenvalue weighted by atomic mass is 35.5. The van der Waals surface area contributed by atoms with Crippen molar-refractivity contribution in [2.75, 3.05) is 18.4 Å². The number of halogens is 1. The molecule has 2 aromatic heterocycles. The zero-order valence-corrected chi connectivity index (χ0v) is 18.1. The number of hydrogen-bond donors (Lipinski definition) is 2. The molecule has 158 valence electrons. The Hall–Kier alpha value is -3.16. The molecule has 0 bridgehead atoms. The maximum absolute atomic E-state index is 6.41. The molecule has 31 heavy (non-hydrogen) atoms. The summed E-state index contributed by atoms with van der Waals surface area (Å²) in [6.45, 7) is 3.83. The second-order valence-corrected chi connectivity index (χ2v) is 8.29. The Morgan fingerprint density at radius 1 is 1.16 bits per heavy atom. The number of anilines is 2. The fourth-order valence-corrected chi connectivity index (χ4v) is 4.15. The normalized spacial score (nSPS) is 16.0. The van der Waals surface area contributed by atoms with Gasteiger partial charge < -0.3 is 15.4 Å². The van der Waals surface area contributed by atoms with Gasteiger partial charge in [0.2, 0.25) is 5.95 Å². The molecule has 0 unspecified atom stereocenters. The summed E-state index contributed by atoms with van der Waals surface area (Å²) >= 11 is 6.41. The molecule has 0 spiro atoms. The van der Waals surface area contributed by atoms with Crippen molar-refractivity contribution < 1.29 is 4.74 Å². The Kier molecular flexibility index (Phi) is 5.21. The van der Waals surface area contributed by atoms with Gasteiger partial charge in [0.1, 0.15) is 11.9 Å². The lowest BCUT2D eigenvalue weighted by atomic mass is 10.1. The van der Waals surface area contributed by atoms with E-state index in [4.69, 9.17) is 16.3 Å². The van der Waals surface area contributed by atoms with Crippen LogP contribution in [-0.4, -0.2) is 38.9 Å². The molecule has 1 saturated heterocycles. The van der Waals surface area contributed by atoms with E-state index in [1.165, 1.54) is 0 Å². The molecule has 5 rings (SSSR count). The maximum Gasteiger partial charge on any atom is 0.227 e. The van der Waals surface area contributed by atoms with Gasteiger partial charge in [-0.1, -0.05) is 11.6 Å². The molecule has 1 atom stereocenters. The Bertz CT molecular complexity index is 1250. The van der Waals surface area contributed by atoms with E-state index in [2.05, 4.69) is 25.7 Å². The molecule has 0 aliphatic carbocycles. The lowest BCUT2D eigenvalue weighted by Crippen LogP contribution is -2.19. The third kappa shape index (κ3) is 4.33. The highest BCUT2D eigenvalue weighted by Gasteiger charge is 2.17. The summed E-state index contributed by atoms with van der Waals surface area (Å²) in [6.07, 6.45) is 6.77. The fraction of sp³-hybridized carbons (Fsp3) is 0.261. The zero-order chi connectivity index (χ0) is 21.4. The Labute approximate surface area is 185 Å². The van der Waals surface area contributed by atoms with E-state index < -0.39 is 0 Å². The van der Waals surface area contributed by atoms with E-state index in [1.807, 2.05) is 56.7 Å². The van der Waals surface area contributed by atoms with Gasteiger partial charge >= 0.3 is 0 Å². The Morgan fingerprint density at radius 2 is 2.06 bits per heavy atom. The first-order chi connectivity index (χ1) is 15.0. The third-order valence-corrected chi connectivity index (χ3v) is 5.59. The maximum atomic E-state index is 6.41. The van der Waals surface area contributed by atoms with Crippen LogP contribution >= 0.6 is 11.6 Å². The summed E-state index contributed by atoms with van der Waals surface area (Å²) in [5.74, 6) is 1.28. The monoisotopic (exact) mass is 434 g/mol. The van der Waals surface area contributed by atoms with Gasteiger partial charge in [-0.05, 0) is 55.3 Å². The number of rotatable bonds is 5. The van der Waals surface area contributed by atoms with E-state index >= 15 is 0 Å². The molecule has 0 radical (unpaired) electrons. The molecule has 4 aromatic rings. The first kappa shape index (κ1) is 19.8. The van der Waals surface area contributed by atoms with Crippen LogP contribution in [0.4, 0.5) is 11.6 Å². The SMILES string of the molecule is Cc1cc(Cl)c2nc(Nc3cc(O[C@@H]4CCNC4)cc(-c4cnn(C)c4)c3)ncc2c1. The number of aromatic nitrogens is 4. The zero-order valence-electron chi connectivity index (χ0n) is 17.4. The Balaban J connectivity index is 1.50. The van der Waals surface area contributed by atoms with Crippen molar-refractivity contribution in [3.05, 3.63) is 59.5 Å². The molecule has 1 aliphatic heterocycles. The molecule has 0 amide bonds. The molecule has 2 N–H and O–H groups in total. The lowest BCUT2D eigenvalue weighted by molar-refractivity contribution is 0.223. The number of aryl methyl sites for hydroxylation is 2. The summed E-state index contributed by atoms with van der Waals surface area (Å²) < 4.78 is 8.02. The smallest absolute Gasteiger partial charge is 0.227 e. The fourth-order valence-electron chi connectivity index (χ4n) is 3.83. The molecule has 8 heteroatoms. The van der Waals surface area contributed by atoms with Crippen LogP contribution in [0, 0.1) is 6.92 Å². The minimum atomic E-state index is 0.163.